The quantitative estimate of drug-likeness (QED) is 0.473. The summed E-state index contributed by atoms with van der Waals surface area (Å²) in [6.45, 7) is 2.23. The number of benzene rings is 2. The number of ketones is 1. The Balaban J connectivity index is 1.40. The molecule has 7 atom stereocenters. The summed E-state index contributed by atoms with van der Waals surface area (Å²) in [5.41, 5.74) is 4.39. The van der Waals surface area contributed by atoms with E-state index in [1.807, 2.05) is 36.4 Å². The number of allylic oxidation sites excluding steroid dienone is 1. The lowest BCUT2D eigenvalue weighted by molar-refractivity contribution is -0.117. The molecule has 6 rings (SSSR count). The van der Waals surface area contributed by atoms with Crippen LogP contribution in [0.1, 0.15) is 68.9 Å². The Hall–Kier alpha value is -3.00. The Kier molecular flexibility index (Phi) is 6.41. The zero-order valence-corrected chi connectivity index (χ0v) is 22.1. The molecule has 2 aromatic carbocycles. The Morgan fingerprint density at radius 2 is 1.71 bits per heavy atom. The van der Waals surface area contributed by atoms with Gasteiger partial charge in [0.1, 0.15) is 0 Å². The SMILES string of the molecule is C[C@]12C[C@H](c3ccc(-c4ccc(C#N)cc4)cc3)[C@H]3[C@@H](CCC4=CC(=O)CC[C@@H]43)[C@@H]1CC[C@@]2(O)/C=C/CO. The van der Waals surface area contributed by atoms with Crippen LogP contribution in [0.3, 0.4) is 0 Å². The van der Waals surface area contributed by atoms with E-state index in [4.69, 9.17) is 5.26 Å². The Morgan fingerprint density at radius 1 is 1.00 bits per heavy atom. The maximum Gasteiger partial charge on any atom is 0.155 e. The zero-order chi connectivity index (χ0) is 26.5. The number of hydrogen-bond donors (Lipinski definition) is 2. The maximum absolute atomic E-state index is 12.3. The highest BCUT2D eigenvalue weighted by molar-refractivity contribution is 5.91. The van der Waals surface area contributed by atoms with Gasteiger partial charge in [0.2, 0.25) is 0 Å². The lowest BCUT2D eigenvalue weighted by atomic mass is 9.46. The van der Waals surface area contributed by atoms with Gasteiger partial charge >= 0.3 is 0 Å². The normalized spacial score (nSPS) is 36.2. The van der Waals surface area contributed by atoms with Crippen molar-refractivity contribution in [3.05, 3.63) is 83.5 Å². The third-order valence-corrected chi connectivity index (χ3v) is 10.7. The van der Waals surface area contributed by atoms with Gasteiger partial charge in [0, 0.05) is 11.8 Å². The van der Waals surface area contributed by atoms with E-state index in [0.29, 0.717) is 41.6 Å². The molecule has 2 N–H and O–H groups in total. The summed E-state index contributed by atoms with van der Waals surface area (Å²) < 4.78 is 0. The molecule has 196 valence electrons. The number of aliphatic hydroxyl groups is 2. The van der Waals surface area contributed by atoms with Crippen LogP contribution in [0.15, 0.2) is 72.3 Å². The van der Waals surface area contributed by atoms with Crippen molar-refractivity contribution in [1.29, 1.82) is 5.26 Å². The molecule has 4 aliphatic carbocycles. The second-order valence-corrected chi connectivity index (χ2v) is 12.3. The predicted octanol–water partition coefficient (Wildman–Crippen LogP) is 6.34. The van der Waals surface area contributed by atoms with Gasteiger partial charge in [-0.2, -0.15) is 5.26 Å². The van der Waals surface area contributed by atoms with Crippen molar-refractivity contribution >= 4 is 5.78 Å². The van der Waals surface area contributed by atoms with Gasteiger partial charge in [-0.1, -0.05) is 61.0 Å². The van der Waals surface area contributed by atoms with E-state index >= 15 is 0 Å². The average molecular weight is 508 g/mol. The summed E-state index contributed by atoms with van der Waals surface area (Å²) in [5, 5.41) is 30.6. The molecule has 0 spiro atoms. The number of aliphatic hydroxyl groups excluding tert-OH is 1. The van der Waals surface area contributed by atoms with Gasteiger partial charge in [0.15, 0.2) is 5.78 Å². The topological polar surface area (TPSA) is 81.3 Å². The summed E-state index contributed by atoms with van der Waals surface area (Å²) in [7, 11) is 0. The van der Waals surface area contributed by atoms with Crippen molar-refractivity contribution in [2.75, 3.05) is 6.61 Å². The molecule has 38 heavy (non-hydrogen) atoms. The Bertz CT molecular complexity index is 1320. The van der Waals surface area contributed by atoms with E-state index in [0.717, 1.165) is 49.7 Å². The molecular weight excluding hydrogens is 470 g/mol. The highest BCUT2D eigenvalue weighted by atomic mass is 16.3. The van der Waals surface area contributed by atoms with E-state index in [-0.39, 0.29) is 17.8 Å². The highest BCUT2D eigenvalue weighted by Crippen LogP contribution is 2.68. The van der Waals surface area contributed by atoms with Crippen molar-refractivity contribution in [3.8, 4) is 17.2 Å². The molecule has 0 saturated heterocycles. The van der Waals surface area contributed by atoms with Crippen LogP contribution in [-0.2, 0) is 4.79 Å². The predicted molar refractivity (Wildman–Crippen MR) is 148 cm³/mol. The zero-order valence-electron chi connectivity index (χ0n) is 22.1. The molecule has 0 amide bonds. The lowest BCUT2D eigenvalue weighted by Crippen LogP contribution is -2.54. The second kappa shape index (κ2) is 9.63. The van der Waals surface area contributed by atoms with Gasteiger partial charge in [-0.05, 0) is 103 Å². The molecular formula is C34H37NO3. The molecule has 3 saturated carbocycles. The molecule has 0 aromatic heterocycles. The van der Waals surface area contributed by atoms with E-state index in [1.54, 1.807) is 6.08 Å². The van der Waals surface area contributed by atoms with Gasteiger partial charge in [-0.3, -0.25) is 4.79 Å². The van der Waals surface area contributed by atoms with Gasteiger partial charge < -0.3 is 10.2 Å². The number of nitriles is 1. The lowest BCUT2D eigenvalue weighted by Gasteiger charge is -2.58. The fraction of sp³-hybridized carbons (Fsp3) is 0.471. The standard InChI is InChI=1S/C34H37NO3/c1-33-20-30(25-9-7-24(8-10-25)23-5-3-22(21-35)4-6-23)32-28-14-12-27(37)19-26(28)11-13-29(32)31(33)15-17-34(33,38)16-2-18-36/h2-10,16,19,28-32,36,38H,11-15,17-18,20H2,1H3/b16-2+/t28-,29-,30+,31-,32+,33-,34-/m0/s1. The van der Waals surface area contributed by atoms with E-state index in [2.05, 4.69) is 37.3 Å². The van der Waals surface area contributed by atoms with Crippen LogP contribution < -0.4 is 0 Å². The minimum Gasteiger partial charge on any atom is -0.392 e. The summed E-state index contributed by atoms with van der Waals surface area (Å²) in [4.78, 5) is 12.3. The van der Waals surface area contributed by atoms with Crippen molar-refractivity contribution in [2.24, 2.45) is 29.1 Å². The molecule has 0 unspecified atom stereocenters. The molecule has 4 aliphatic rings. The first-order valence-electron chi connectivity index (χ1n) is 14.2. The minimum atomic E-state index is -0.912. The number of nitrogens with zero attached hydrogens (tertiary/aromatic N) is 1. The first kappa shape index (κ1) is 25.3. The van der Waals surface area contributed by atoms with Crippen LogP contribution in [0, 0.1) is 40.4 Å². The third kappa shape index (κ3) is 3.99. The van der Waals surface area contributed by atoms with Crippen molar-refractivity contribution in [3.63, 3.8) is 0 Å². The third-order valence-electron chi connectivity index (χ3n) is 10.7. The van der Waals surface area contributed by atoms with Crippen LogP contribution in [0.4, 0.5) is 0 Å². The molecule has 0 radical (unpaired) electrons. The minimum absolute atomic E-state index is 0.0559. The number of fused-ring (bicyclic) bond motifs is 5. The summed E-state index contributed by atoms with van der Waals surface area (Å²) in [6.07, 6.45) is 11.9. The second-order valence-electron chi connectivity index (χ2n) is 12.3. The maximum atomic E-state index is 12.3. The number of carbonyl (C=O) groups excluding carboxylic acids is 1. The molecule has 3 fully saturated rings. The summed E-state index contributed by atoms with van der Waals surface area (Å²) in [5.74, 6) is 2.46. The van der Waals surface area contributed by atoms with Gasteiger partial charge in [-0.15, -0.1) is 0 Å². The van der Waals surface area contributed by atoms with Crippen LogP contribution in [0.5, 0.6) is 0 Å². The van der Waals surface area contributed by atoms with Gasteiger partial charge in [0.25, 0.3) is 0 Å². The number of rotatable bonds is 4. The molecule has 4 nitrogen and oxygen atoms in total. The highest BCUT2D eigenvalue weighted by Gasteiger charge is 2.63. The average Bonchev–Trinajstić information content (AvgIpc) is 3.21. The van der Waals surface area contributed by atoms with Crippen molar-refractivity contribution < 1.29 is 15.0 Å². The fourth-order valence-corrected chi connectivity index (χ4v) is 8.87. The fourth-order valence-electron chi connectivity index (χ4n) is 8.87. The van der Waals surface area contributed by atoms with Crippen LogP contribution >= 0.6 is 0 Å². The number of carbonyl (C=O) groups is 1. The molecule has 0 bridgehead atoms. The van der Waals surface area contributed by atoms with Crippen LogP contribution in [-0.4, -0.2) is 28.2 Å². The smallest absolute Gasteiger partial charge is 0.155 e. The molecule has 0 heterocycles. The summed E-state index contributed by atoms with van der Waals surface area (Å²) >= 11 is 0. The molecule has 2 aromatic rings. The van der Waals surface area contributed by atoms with Crippen molar-refractivity contribution in [1.82, 2.24) is 0 Å². The first-order valence-corrected chi connectivity index (χ1v) is 14.2. The first-order chi connectivity index (χ1) is 18.4. The Labute approximate surface area is 225 Å². The summed E-state index contributed by atoms with van der Waals surface area (Å²) in [6, 6.07) is 18.8. The monoisotopic (exact) mass is 507 g/mol. The van der Waals surface area contributed by atoms with Crippen LogP contribution in [0.25, 0.3) is 11.1 Å². The van der Waals surface area contributed by atoms with E-state index in [9.17, 15) is 15.0 Å². The molecule has 4 heteroatoms. The largest absolute Gasteiger partial charge is 0.392 e. The number of hydrogen-bond acceptors (Lipinski definition) is 4. The van der Waals surface area contributed by atoms with Crippen LogP contribution in [0.2, 0.25) is 0 Å². The molecule has 0 aliphatic heterocycles. The van der Waals surface area contributed by atoms with Crippen molar-refractivity contribution in [2.45, 2.75) is 63.4 Å². The van der Waals surface area contributed by atoms with E-state index in [1.165, 1.54) is 11.1 Å². The van der Waals surface area contributed by atoms with E-state index < -0.39 is 5.60 Å². The Morgan fingerprint density at radius 3 is 2.39 bits per heavy atom. The van der Waals surface area contributed by atoms with Gasteiger partial charge in [-0.25, -0.2) is 0 Å². The van der Waals surface area contributed by atoms with Gasteiger partial charge in [0.05, 0.1) is 23.8 Å².